The molecule has 1 unspecified atom stereocenters. The Hall–Kier alpha value is -1.62. The normalized spacial score (nSPS) is 11.9. The highest BCUT2D eigenvalue weighted by Crippen LogP contribution is 2.06. The van der Waals surface area contributed by atoms with Gasteiger partial charge in [0.2, 0.25) is 11.8 Å². The standard InChI is InChI=1S/C12H19N3O2/c1-4-13-12(16)9(2)14-7-10-5-6-11(17-3)15-8-10/h5-6,8-9,14H,4,7H2,1-3H3,(H,13,16). The second-order valence-corrected chi connectivity index (χ2v) is 3.71. The summed E-state index contributed by atoms with van der Waals surface area (Å²) in [7, 11) is 1.58. The third-order valence-corrected chi connectivity index (χ3v) is 2.36. The summed E-state index contributed by atoms with van der Waals surface area (Å²) in [4.78, 5) is 15.5. The van der Waals surface area contributed by atoms with Crippen molar-refractivity contribution in [3.05, 3.63) is 23.9 Å². The summed E-state index contributed by atoms with van der Waals surface area (Å²) in [5, 5.41) is 5.89. The molecule has 5 nitrogen and oxygen atoms in total. The van der Waals surface area contributed by atoms with E-state index in [9.17, 15) is 4.79 Å². The van der Waals surface area contributed by atoms with Crippen molar-refractivity contribution in [2.24, 2.45) is 0 Å². The number of likely N-dealkylation sites (N-methyl/N-ethyl adjacent to an activating group) is 1. The van der Waals surface area contributed by atoms with Gasteiger partial charge in [-0.25, -0.2) is 4.98 Å². The van der Waals surface area contributed by atoms with E-state index in [1.54, 1.807) is 19.4 Å². The first-order valence-electron chi connectivity index (χ1n) is 5.67. The average Bonchev–Trinajstić information content (AvgIpc) is 2.36. The van der Waals surface area contributed by atoms with Gasteiger partial charge in [-0.15, -0.1) is 0 Å². The number of hydrogen-bond acceptors (Lipinski definition) is 4. The molecule has 1 rings (SSSR count). The van der Waals surface area contributed by atoms with Crippen LogP contribution in [0.1, 0.15) is 19.4 Å². The zero-order valence-corrected chi connectivity index (χ0v) is 10.5. The summed E-state index contributed by atoms with van der Waals surface area (Å²) in [6, 6.07) is 3.51. The SMILES string of the molecule is CCNC(=O)C(C)NCc1ccc(OC)nc1. The first-order chi connectivity index (χ1) is 8.17. The number of methoxy groups -OCH3 is 1. The molecule has 0 bridgehead atoms. The minimum atomic E-state index is -0.211. The molecule has 94 valence electrons. The summed E-state index contributed by atoms with van der Waals surface area (Å²) >= 11 is 0. The van der Waals surface area contributed by atoms with Gasteiger partial charge in [-0.1, -0.05) is 6.07 Å². The molecule has 0 aromatic carbocycles. The zero-order chi connectivity index (χ0) is 12.7. The lowest BCUT2D eigenvalue weighted by atomic mass is 10.2. The van der Waals surface area contributed by atoms with E-state index in [1.165, 1.54) is 0 Å². The molecular weight excluding hydrogens is 218 g/mol. The number of nitrogens with one attached hydrogen (secondary N) is 2. The molecule has 0 saturated carbocycles. The third-order valence-electron chi connectivity index (χ3n) is 2.36. The molecular formula is C12H19N3O2. The van der Waals surface area contributed by atoms with E-state index in [-0.39, 0.29) is 11.9 Å². The maximum absolute atomic E-state index is 11.5. The van der Waals surface area contributed by atoms with E-state index < -0.39 is 0 Å². The molecule has 0 spiro atoms. The van der Waals surface area contributed by atoms with Gasteiger partial charge in [-0.3, -0.25) is 4.79 Å². The number of aromatic nitrogens is 1. The number of rotatable bonds is 6. The van der Waals surface area contributed by atoms with Crippen molar-refractivity contribution in [1.82, 2.24) is 15.6 Å². The van der Waals surface area contributed by atoms with Crippen LogP contribution < -0.4 is 15.4 Å². The van der Waals surface area contributed by atoms with Gasteiger partial charge < -0.3 is 15.4 Å². The Morgan fingerprint density at radius 2 is 2.29 bits per heavy atom. The second-order valence-electron chi connectivity index (χ2n) is 3.71. The summed E-state index contributed by atoms with van der Waals surface area (Å²) in [6.07, 6.45) is 1.73. The van der Waals surface area contributed by atoms with Crippen molar-refractivity contribution in [1.29, 1.82) is 0 Å². The Bertz CT molecular complexity index is 351. The van der Waals surface area contributed by atoms with Crippen LogP contribution in [0, 0.1) is 0 Å². The molecule has 0 fully saturated rings. The molecule has 1 aromatic heterocycles. The quantitative estimate of drug-likeness (QED) is 0.764. The monoisotopic (exact) mass is 237 g/mol. The Balaban J connectivity index is 2.41. The van der Waals surface area contributed by atoms with Crippen LogP contribution in [0.4, 0.5) is 0 Å². The molecule has 2 N–H and O–H groups in total. The van der Waals surface area contributed by atoms with Crippen molar-refractivity contribution in [2.45, 2.75) is 26.4 Å². The van der Waals surface area contributed by atoms with Crippen LogP contribution in [0.2, 0.25) is 0 Å². The number of nitrogens with zero attached hydrogens (tertiary/aromatic N) is 1. The van der Waals surface area contributed by atoms with E-state index in [2.05, 4.69) is 15.6 Å². The fourth-order valence-electron chi connectivity index (χ4n) is 1.33. The van der Waals surface area contributed by atoms with E-state index in [0.29, 0.717) is 19.0 Å². The lowest BCUT2D eigenvalue weighted by Gasteiger charge is -2.13. The first-order valence-corrected chi connectivity index (χ1v) is 5.67. The van der Waals surface area contributed by atoms with Gasteiger partial charge in [0.25, 0.3) is 0 Å². The van der Waals surface area contributed by atoms with Crippen LogP contribution in [-0.2, 0) is 11.3 Å². The summed E-state index contributed by atoms with van der Waals surface area (Å²) in [6.45, 7) is 4.99. The number of ether oxygens (including phenoxy) is 1. The minimum Gasteiger partial charge on any atom is -0.481 e. The van der Waals surface area contributed by atoms with Gasteiger partial charge in [-0.2, -0.15) is 0 Å². The third kappa shape index (κ3) is 4.40. The highest BCUT2D eigenvalue weighted by atomic mass is 16.5. The maximum Gasteiger partial charge on any atom is 0.236 e. The van der Waals surface area contributed by atoms with Crippen molar-refractivity contribution in [2.75, 3.05) is 13.7 Å². The average molecular weight is 237 g/mol. The predicted octanol–water partition coefficient (Wildman–Crippen LogP) is 0.704. The highest BCUT2D eigenvalue weighted by Gasteiger charge is 2.10. The molecule has 0 aliphatic rings. The molecule has 1 heterocycles. The van der Waals surface area contributed by atoms with E-state index in [0.717, 1.165) is 5.56 Å². The maximum atomic E-state index is 11.5. The lowest BCUT2D eigenvalue weighted by Crippen LogP contribution is -2.41. The van der Waals surface area contributed by atoms with Gasteiger partial charge >= 0.3 is 0 Å². The van der Waals surface area contributed by atoms with E-state index in [4.69, 9.17) is 4.74 Å². The van der Waals surface area contributed by atoms with Crippen molar-refractivity contribution < 1.29 is 9.53 Å². The zero-order valence-electron chi connectivity index (χ0n) is 10.5. The van der Waals surface area contributed by atoms with E-state index in [1.807, 2.05) is 19.9 Å². The minimum absolute atomic E-state index is 0.00831. The summed E-state index contributed by atoms with van der Waals surface area (Å²) < 4.78 is 4.97. The smallest absolute Gasteiger partial charge is 0.236 e. The highest BCUT2D eigenvalue weighted by molar-refractivity contribution is 5.81. The molecule has 0 radical (unpaired) electrons. The topological polar surface area (TPSA) is 63.2 Å². The van der Waals surface area contributed by atoms with Crippen molar-refractivity contribution in [3.8, 4) is 5.88 Å². The molecule has 0 saturated heterocycles. The number of carbonyl (C=O) groups excluding carboxylic acids is 1. The molecule has 0 aliphatic carbocycles. The van der Waals surface area contributed by atoms with Crippen LogP contribution in [-0.4, -0.2) is 30.6 Å². The van der Waals surface area contributed by atoms with E-state index >= 15 is 0 Å². The number of hydrogen-bond donors (Lipinski definition) is 2. The van der Waals surface area contributed by atoms with Crippen LogP contribution in [0.15, 0.2) is 18.3 Å². The van der Waals surface area contributed by atoms with Gasteiger partial charge in [0, 0.05) is 25.4 Å². The van der Waals surface area contributed by atoms with Crippen LogP contribution in [0.25, 0.3) is 0 Å². The predicted molar refractivity (Wildman–Crippen MR) is 65.8 cm³/mol. The molecule has 1 amide bonds. The second kappa shape index (κ2) is 6.85. The number of pyridine rings is 1. The lowest BCUT2D eigenvalue weighted by molar-refractivity contribution is -0.122. The van der Waals surface area contributed by atoms with Crippen molar-refractivity contribution in [3.63, 3.8) is 0 Å². The van der Waals surface area contributed by atoms with Crippen LogP contribution in [0.3, 0.4) is 0 Å². The van der Waals surface area contributed by atoms with Gasteiger partial charge in [0.15, 0.2) is 0 Å². The fourth-order valence-corrected chi connectivity index (χ4v) is 1.33. The molecule has 1 atom stereocenters. The summed E-state index contributed by atoms with van der Waals surface area (Å²) in [5.74, 6) is 0.597. The van der Waals surface area contributed by atoms with Crippen LogP contribution in [0.5, 0.6) is 5.88 Å². The summed E-state index contributed by atoms with van der Waals surface area (Å²) in [5.41, 5.74) is 1.02. The number of amides is 1. The van der Waals surface area contributed by atoms with Gasteiger partial charge in [0.1, 0.15) is 0 Å². The Kier molecular flexibility index (Phi) is 5.42. The Morgan fingerprint density at radius 3 is 2.82 bits per heavy atom. The van der Waals surface area contributed by atoms with Gasteiger partial charge in [-0.05, 0) is 19.4 Å². The molecule has 5 heteroatoms. The molecule has 1 aromatic rings. The molecule has 0 aliphatic heterocycles. The van der Waals surface area contributed by atoms with Crippen molar-refractivity contribution >= 4 is 5.91 Å². The Morgan fingerprint density at radius 1 is 1.53 bits per heavy atom. The number of carbonyl (C=O) groups is 1. The van der Waals surface area contributed by atoms with Crippen LogP contribution >= 0.6 is 0 Å². The molecule has 17 heavy (non-hydrogen) atoms. The Labute approximate surface area is 102 Å². The fraction of sp³-hybridized carbons (Fsp3) is 0.500. The first kappa shape index (κ1) is 13.4. The largest absolute Gasteiger partial charge is 0.481 e. The van der Waals surface area contributed by atoms with Gasteiger partial charge in [0.05, 0.1) is 13.2 Å².